The molecule has 0 aromatic rings. The van der Waals surface area contributed by atoms with Gasteiger partial charge in [0.15, 0.2) is 0 Å². The number of urea groups is 1. The fourth-order valence-corrected chi connectivity index (χ4v) is 2.27. The normalized spacial score (nSPS) is 16.1. The lowest BCUT2D eigenvalue weighted by Gasteiger charge is -2.26. The van der Waals surface area contributed by atoms with E-state index in [9.17, 15) is 14.4 Å². The Morgan fingerprint density at radius 1 is 1.14 bits per heavy atom. The second-order valence-electron chi connectivity index (χ2n) is 5.43. The minimum atomic E-state index is -0.879. The number of hydrogen-bond donors (Lipinski definition) is 3. The van der Waals surface area contributed by atoms with Crippen LogP contribution >= 0.6 is 0 Å². The van der Waals surface area contributed by atoms with Crippen molar-refractivity contribution in [1.29, 1.82) is 0 Å². The van der Waals surface area contributed by atoms with E-state index in [1.54, 1.807) is 6.92 Å². The molecule has 1 aliphatic rings. The number of piperidine rings is 1. The number of rotatable bonds is 7. The van der Waals surface area contributed by atoms with Crippen molar-refractivity contribution in [2.75, 3.05) is 19.6 Å². The molecule has 1 heterocycles. The number of aliphatic carboxylic acids is 1. The summed E-state index contributed by atoms with van der Waals surface area (Å²) < 4.78 is 0. The number of carbonyl (C=O) groups excluding carboxylic acids is 2. The van der Waals surface area contributed by atoms with Crippen LogP contribution in [0, 0.1) is 0 Å². The molecule has 0 radical (unpaired) electrons. The molecule has 3 amide bonds. The number of carbonyl (C=O) groups is 3. The van der Waals surface area contributed by atoms with Crippen LogP contribution in [0.5, 0.6) is 0 Å². The van der Waals surface area contributed by atoms with Gasteiger partial charge in [-0.15, -0.1) is 0 Å². The predicted molar refractivity (Wildman–Crippen MR) is 77.9 cm³/mol. The minimum absolute atomic E-state index is 0.0227. The van der Waals surface area contributed by atoms with Gasteiger partial charge in [-0.3, -0.25) is 9.59 Å². The smallest absolute Gasteiger partial charge is 0.315 e. The largest absolute Gasteiger partial charge is 0.481 e. The second-order valence-corrected chi connectivity index (χ2v) is 5.43. The van der Waals surface area contributed by atoms with E-state index in [0.717, 1.165) is 25.9 Å². The first-order valence-corrected chi connectivity index (χ1v) is 7.53. The Balaban J connectivity index is 2.12. The van der Waals surface area contributed by atoms with Gasteiger partial charge >= 0.3 is 12.0 Å². The number of carboxylic acid groups (broad SMARTS) is 1. The molecule has 3 N–H and O–H groups in total. The SMILES string of the molecule is CC(CCC(=O)O)NC(=O)NCCC(=O)N1CCCCC1. The predicted octanol–water partition coefficient (Wildman–Crippen LogP) is 0.941. The van der Waals surface area contributed by atoms with Crippen LogP contribution < -0.4 is 10.6 Å². The van der Waals surface area contributed by atoms with Gasteiger partial charge < -0.3 is 20.6 Å². The quantitative estimate of drug-likeness (QED) is 0.651. The van der Waals surface area contributed by atoms with Crippen LogP contribution in [-0.4, -0.2) is 53.6 Å². The van der Waals surface area contributed by atoms with Gasteiger partial charge in [0.25, 0.3) is 0 Å². The molecule has 0 bridgehead atoms. The van der Waals surface area contributed by atoms with Crippen LogP contribution in [0.2, 0.25) is 0 Å². The van der Waals surface area contributed by atoms with Crippen LogP contribution in [0.25, 0.3) is 0 Å². The van der Waals surface area contributed by atoms with E-state index in [1.165, 1.54) is 6.42 Å². The lowest BCUT2D eigenvalue weighted by molar-refractivity contribution is -0.137. The van der Waals surface area contributed by atoms with Crippen LogP contribution in [-0.2, 0) is 9.59 Å². The average molecular weight is 299 g/mol. The molecule has 120 valence electrons. The molecule has 1 aliphatic heterocycles. The van der Waals surface area contributed by atoms with Gasteiger partial charge in [-0.1, -0.05) is 0 Å². The molecule has 0 aromatic heterocycles. The summed E-state index contributed by atoms with van der Waals surface area (Å²) in [5, 5.41) is 13.8. The van der Waals surface area contributed by atoms with Crippen LogP contribution in [0.4, 0.5) is 4.79 Å². The Hall–Kier alpha value is -1.79. The highest BCUT2D eigenvalue weighted by molar-refractivity contribution is 5.78. The minimum Gasteiger partial charge on any atom is -0.481 e. The second kappa shape index (κ2) is 9.20. The number of nitrogens with one attached hydrogen (secondary N) is 2. The van der Waals surface area contributed by atoms with E-state index in [-0.39, 0.29) is 24.4 Å². The molecule has 1 rings (SSSR count). The van der Waals surface area contributed by atoms with Gasteiger partial charge in [0.1, 0.15) is 0 Å². The molecule has 1 saturated heterocycles. The zero-order chi connectivity index (χ0) is 15.7. The number of amides is 3. The van der Waals surface area contributed by atoms with Crippen molar-refractivity contribution < 1.29 is 19.5 Å². The Morgan fingerprint density at radius 2 is 1.81 bits per heavy atom. The fraction of sp³-hybridized carbons (Fsp3) is 0.786. The van der Waals surface area contributed by atoms with Crippen LogP contribution in [0.15, 0.2) is 0 Å². The first-order valence-electron chi connectivity index (χ1n) is 7.53. The lowest BCUT2D eigenvalue weighted by atomic mass is 10.1. The van der Waals surface area contributed by atoms with Crippen molar-refractivity contribution in [2.24, 2.45) is 0 Å². The molecule has 7 nitrogen and oxygen atoms in total. The lowest BCUT2D eigenvalue weighted by Crippen LogP contribution is -2.43. The zero-order valence-corrected chi connectivity index (χ0v) is 12.6. The first-order chi connectivity index (χ1) is 9.99. The maximum Gasteiger partial charge on any atom is 0.315 e. The summed E-state index contributed by atoms with van der Waals surface area (Å²) in [5.74, 6) is -0.801. The van der Waals surface area contributed by atoms with Crippen molar-refractivity contribution >= 4 is 17.9 Å². The summed E-state index contributed by atoms with van der Waals surface area (Å²) >= 11 is 0. The summed E-state index contributed by atoms with van der Waals surface area (Å²) in [7, 11) is 0. The van der Waals surface area contributed by atoms with E-state index >= 15 is 0 Å². The molecule has 0 saturated carbocycles. The van der Waals surface area contributed by atoms with Crippen LogP contribution in [0.1, 0.15) is 45.4 Å². The van der Waals surface area contributed by atoms with E-state index in [1.807, 2.05) is 4.90 Å². The third kappa shape index (κ3) is 7.53. The standard InChI is InChI=1S/C14H25N3O4/c1-11(5-6-13(19)20)16-14(21)15-8-7-12(18)17-9-3-2-4-10-17/h11H,2-10H2,1H3,(H,19,20)(H2,15,16,21). The van der Waals surface area contributed by atoms with Gasteiger partial charge in [-0.2, -0.15) is 0 Å². The number of likely N-dealkylation sites (tertiary alicyclic amines) is 1. The molecule has 1 unspecified atom stereocenters. The molecular formula is C14H25N3O4. The number of carboxylic acids is 1. The van der Waals surface area contributed by atoms with Gasteiger partial charge in [-0.05, 0) is 32.6 Å². The third-order valence-electron chi connectivity index (χ3n) is 3.50. The molecular weight excluding hydrogens is 274 g/mol. The third-order valence-corrected chi connectivity index (χ3v) is 3.50. The molecule has 0 aliphatic carbocycles. The van der Waals surface area contributed by atoms with Gasteiger partial charge in [0.05, 0.1) is 0 Å². The van der Waals surface area contributed by atoms with Crippen molar-refractivity contribution in [3.8, 4) is 0 Å². The van der Waals surface area contributed by atoms with Crippen LogP contribution in [0.3, 0.4) is 0 Å². The fourth-order valence-electron chi connectivity index (χ4n) is 2.27. The average Bonchev–Trinajstić information content (AvgIpc) is 2.46. The van der Waals surface area contributed by atoms with E-state index in [4.69, 9.17) is 5.11 Å². The number of nitrogens with zero attached hydrogens (tertiary/aromatic N) is 1. The van der Waals surface area contributed by atoms with Crippen molar-refractivity contribution in [3.05, 3.63) is 0 Å². The Bertz CT molecular complexity index is 367. The maximum absolute atomic E-state index is 11.9. The van der Waals surface area contributed by atoms with E-state index in [0.29, 0.717) is 19.4 Å². The summed E-state index contributed by atoms with van der Waals surface area (Å²) in [4.78, 5) is 35.7. The van der Waals surface area contributed by atoms with E-state index < -0.39 is 5.97 Å². The van der Waals surface area contributed by atoms with Crippen molar-refractivity contribution in [2.45, 2.75) is 51.5 Å². The monoisotopic (exact) mass is 299 g/mol. The Labute approximate surface area is 125 Å². The molecule has 7 heteroatoms. The van der Waals surface area contributed by atoms with Crippen molar-refractivity contribution in [1.82, 2.24) is 15.5 Å². The number of hydrogen-bond acceptors (Lipinski definition) is 3. The van der Waals surface area contributed by atoms with Gasteiger partial charge in [0.2, 0.25) is 5.91 Å². The molecule has 0 spiro atoms. The topological polar surface area (TPSA) is 98.7 Å². The van der Waals surface area contributed by atoms with Gasteiger partial charge in [0, 0.05) is 38.5 Å². The molecule has 21 heavy (non-hydrogen) atoms. The Morgan fingerprint density at radius 3 is 2.43 bits per heavy atom. The van der Waals surface area contributed by atoms with Gasteiger partial charge in [-0.25, -0.2) is 4.79 Å². The van der Waals surface area contributed by atoms with Crippen molar-refractivity contribution in [3.63, 3.8) is 0 Å². The summed E-state index contributed by atoms with van der Waals surface area (Å²) in [6, 6.07) is -0.571. The Kier molecular flexibility index (Phi) is 7.56. The highest BCUT2D eigenvalue weighted by atomic mass is 16.4. The summed E-state index contributed by atoms with van der Waals surface area (Å²) in [5.41, 5.74) is 0. The first kappa shape index (κ1) is 17.3. The molecule has 0 aromatic carbocycles. The highest BCUT2D eigenvalue weighted by Gasteiger charge is 2.16. The molecule has 1 fully saturated rings. The highest BCUT2D eigenvalue weighted by Crippen LogP contribution is 2.09. The zero-order valence-electron chi connectivity index (χ0n) is 12.6. The maximum atomic E-state index is 11.9. The summed E-state index contributed by atoms with van der Waals surface area (Å²) in [6.07, 6.45) is 4.00. The van der Waals surface area contributed by atoms with E-state index in [2.05, 4.69) is 10.6 Å². The summed E-state index contributed by atoms with van der Waals surface area (Å²) in [6.45, 7) is 3.68. The molecule has 1 atom stereocenters.